The zero-order valence-electron chi connectivity index (χ0n) is 21.0. The molecule has 2 nitrogen and oxygen atoms in total. The third kappa shape index (κ3) is 4.71. The Hall–Kier alpha value is -3.69. The summed E-state index contributed by atoms with van der Waals surface area (Å²) in [5, 5.41) is 5.77. The lowest BCUT2D eigenvalue weighted by Crippen LogP contribution is -2.40. The lowest BCUT2D eigenvalue weighted by molar-refractivity contribution is -0.147. The van der Waals surface area contributed by atoms with Gasteiger partial charge >= 0.3 is 5.97 Å². The standard InChI is InChI=1S/C33H31O2Si/c1-23(2)36(27-17-5-4-6-18-27)24(3)33(34)35-32(30-21-11-15-25-13-7-9-19-28(25)30)31-22-12-16-26-14-8-10-20-29(26)31/h4-24,32H,1-3H3/t24-/m1/s1. The number of rotatable bonds is 7. The highest BCUT2D eigenvalue weighted by Crippen LogP contribution is 2.37. The molecular formula is C33H31O2Si. The van der Waals surface area contributed by atoms with Gasteiger partial charge in [-0.2, -0.15) is 0 Å². The maximum atomic E-state index is 13.9. The minimum atomic E-state index is -1.18. The first kappa shape index (κ1) is 24.0. The molecule has 0 aliphatic carbocycles. The largest absolute Gasteiger partial charge is 0.452 e. The van der Waals surface area contributed by atoms with Crippen LogP contribution in [0.4, 0.5) is 0 Å². The second kappa shape index (κ2) is 10.5. The van der Waals surface area contributed by atoms with Crippen molar-refractivity contribution in [2.45, 2.75) is 38.0 Å². The molecule has 0 spiro atoms. The molecule has 0 fully saturated rings. The lowest BCUT2D eigenvalue weighted by Gasteiger charge is -2.28. The van der Waals surface area contributed by atoms with E-state index in [9.17, 15) is 4.79 Å². The van der Waals surface area contributed by atoms with Crippen LogP contribution in [0.1, 0.15) is 38.0 Å². The van der Waals surface area contributed by atoms with Gasteiger partial charge in [-0.25, -0.2) is 0 Å². The van der Waals surface area contributed by atoms with E-state index in [0.717, 1.165) is 32.7 Å². The van der Waals surface area contributed by atoms with Crippen LogP contribution in [-0.2, 0) is 9.53 Å². The summed E-state index contributed by atoms with van der Waals surface area (Å²) in [4.78, 5) is 13.9. The van der Waals surface area contributed by atoms with Crippen LogP contribution in [0.5, 0.6) is 0 Å². The molecule has 179 valence electrons. The van der Waals surface area contributed by atoms with Gasteiger partial charge in [-0.15, -0.1) is 0 Å². The molecule has 0 aliphatic heterocycles. The summed E-state index contributed by atoms with van der Waals surface area (Å²) in [6.07, 6.45) is -0.497. The summed E-state index contributed by atoms with van der Waals surface area (Å²) < 4.78 is 6.54. The minimum absolute atomic E-state index is 0.132. The van der Waals surface area contributed by atoms with Gasteiger partial charge < -0.3 is 4.74 Å². The predicted molar refractivity (Wildman–Crippen MR) is 152 cm³/mol. The van der Waals surface area contributed by atoms with E-state index in [2.05, 4.69) is 98.8 Å². The molecule has 5 rings (SSSR count). The number of carbonyl (C=O) groups is 1. The molecule has 36 heavy (non-hydrogen) atoms. The molecular weight excluding hydrogens is 456 g/mol. The fourth-order valence-corrected chi connectivity index (χ4v) is 8.38. The van der Waals surface area contributed by atoms with Crippen molar-refractivity contribution in [1.29, 1.82) is 0 Å². The predicted octanol–water partition coefficient (Wildman–Crippen LogP) is 7.83. The van der Waals surface area contributed by atoms with Gasteiger partial charge in [0.2, 0.25) is 0 Å². The van der Waals surface area contributed by atoms with Gasteiger partial charge in [0.25, 0.3) is 0 Å². The summed E-state index contributed by atoms with van der Waals surface area (Å²) >= 11 is 0. The Labute approximate surface area is 215 Å². The molecule has 1 radical (unpaired) electrons. The molecule has 0 bridgehead atoms. The first-order chi connectivity index (χ1) is 17.5. The highest BCUT2D eigenvalue weighted by Gasteiger charge is 2.34. The molecule has 0 aromatic heterocycles. The monoisotopic (exact) mass is 487 g/mol. The van der Waals surface area contributed by atoms with E-state index in [1.165, 1.54) is 5.19 Å². The number of hydrogen-bond donors (Lipinski definition) is 0. The molecule has 3 heteroatoms. The molecule has 0 aliphatic rings. The number of hydrogen-bond acceptors (Lipinski definition) is 2. The maximum Gasteiger partial charge on any atom is 0.307 e. The van der Waals surface area contributed by atoms with E-state index in [1.807, 2.05) is 37.3 Å². The molecule has 5 aromatic rings. The molecule has 0 saturated heterocycles. The Morgan fingerprint density at radius 1 is 0.611 bits per heavy atom. The van der Waals surface area contributed by atoms with Crippen molar-refractivity contribution in [3.63, 3.8) is 0 Å². The van der Waals surface area contributed by atoms with Crippen molar-refractivity contribution in [3.05, 3.63) is 126 Å². The van der Waals surface area contributed by atoms with Gasteiger partial charge in [0.1, 0.15) is 8.80 Å². The summed E-state index contributed by atoms with van der Waals surface area (Å²) in [7, 11) is -1.18. The number of ether oxygens (including phenoxy) is 1. The van der Waals surface area contributed by atoms with Gasteiger partial charge in [-0.3, -0.25) is 4.79 Å². The van der Waals surface area contributed by atoms with Crippen LogP contribution in [0.15, 0.2) is 115 Å². The van der Waals surface area contributed by atoms with E-state index in [4.69, 9.17) is 4.74 Å². The zero-order chi connectivity index (χ0) is 25.1. The van der Waals surface area contributed by atoms with Crippen molar-refractivity contribution >= 4 is 41.5 Å². The Morgan fingerprint density at radius 3 is 1.61 bits per heavy atom. The Balaban J connectivity index is 1.61. The van der Waals surface area contributed by atoms with Crippen LogP contribution in [-0.4, -0.2) is 14.8 Å². The van der Waals surface area contributed by atoms with Crippen molar-refractivity contribution in [2.75, 3.05) is 0 Å². The average molecular weight is 488 g/mol. The van der Waals surface area contributed by atoms with Gasteiger partial charge in [0.05, 0.1) is 5.54 Å². The molecule has 0 heterocycles. The molecule has 0 unspecified atom stereocenters. The lowest BCUT2D eigenvalue weighted by atomic mass is 9.92. The van der Waals surface area contributed by atoms with Crippen molar-refractivity contribution < 1.29 is 9.53 Å². The topological polar surface area (TPSA) is 26.3 Å². The SMILES string of the molecule is CC(C)[Si](c1ccccc1)[C@H](C)C(=O)OC(c1cccc2ccccc12)c1cccc2ccccc12. The van der Waals surface area contributed by atoms with Crippen LogP contribution in [0, 0.1) is 0 Å². The van der Waals surface area contributed by atoms with Gasteiger partial charge in [-0.05, 0) is 27.1 Å². The van der Waals surface area contributed by atoms with Crippen molar-refractivity contribution in [3.8, 4) is 0 Å². The summed E-state index contributed by atoms with van der Waals surface area (Å²) in [5.74, 6) is -0.132. The van der Waals surface area contributed by atoms with Crippen LogP contribution in [0.3, 0.4) is 0 Å². The molecule has 0 saturated carbocycles. The molecule has 0 amide bonds. The number of esters is 1. The van der Waals surface area contributed by atoms with E-state index in [0.29, 0.717) is 5.54 Å². The van der Waals surface area contributed by atoms with Crippen molar-refractivity contribution in [2.24, 2.45) is 0 Å². The minimum Gasteiger partial charge on any atom is -0.452 e. The van der Waals surface area contributed by atoms with E-state index in [1.54, 1.807) is 0 Å². The van der Waals surface area contributed by atoms with E-state index < -0.39 is 14.9 Å². The fourth-order valence-electron chi connectivity index (χ4n) is 5.31. The number of benzene rings is 5. The van der Waals surface area contributed by atoms with Gasteiger partial charge in [0.15, 0.2) is 6.10 Å². The highest BCUT2D eigenvalue weighted by molar-refractivity contribution is 6.78. The molecule has 1 atom stereocenters. The Kier molecular flexibility index (Phi) is 7.01. The smallest absolute Gasteiger partial charge is 0.307 e. The summed E-state index contributed by atoms with van der Waals surface area (Å²) in [6.45, 7) is 6.49. The quantitative estimate of drug-likeness (QED) is 0.173. The third-order valence-corrected chi connectivity index (χ3v) is 10.4. The molecule has 0 N–H and O–H groups in total. The van der Waals surface area contributed by atoms with Crippen LogP contribution >= 0.6 is 0 Å². The first-order valence-corrected chi connectivity index (χ1v) is 14.3. The highest BCUT2D eigenvalue weighted by atomic mass is 28.3. The average Bonchev–Trinajstić information content (AvgIpc) is 2.91. The van der Waals surface area contributed by atoms with Crippen LogP contribution < -0.4 is 5.19 Å². The summed E-state index contributed by atoms with van der Waals surface area (Å²) in [5.41, 5.74) is 2.24. The third-order valence-electron chi connectivity index (χ3n) is 6.99. The van der Waals surface area contributed by atoms with E-state index in [-0.39, 0.29) is 11.5 Å². The normalized spacial score (nSPS) is 12.5. The second-order valence-corrected chi connectivity index (χ2v) is 13.2. The molecule has 5 aromatic carbocycles. The first-order valence-electron chi connectivity index (χ1n) is 12.6. The van der Waals surface area contributed by atoms with Gasteiger partial charge in [-0.1, -0.05) is 141 Å². The van der Waals surface area contributed by atoms with Crippen LogP contribution in [0.25, 0.3) is 21.5 Å². The maximum absolute atomic E-state index is 13.9. The number of fused-ring (bicyclic) bond motifs is 2. The van der Waals surface area contributed by atoms with Gasteiger partial charge in [0, 0.05) is 11.1 Å². The second-order valence-electron chi connectivity index (χ2n) is 9.65. The Bertz CT molecular complexity index is 1400. The van der Waals surface area contributed by atoms with Crippen LogP contribution in [0.2, 0.25) is 11.1 Å². The zero-order valence-corrected chi connectivity index (χ0v) is 22.0. The van der Waals surface area contributed by atoms with Crippen molar-refractivity contribution in [1.82, 2.24) is 0 Å². The fraction of sp³-hybridized carbons (Fsp3) is 0.182. The summed E-state index contributed by atoms with van der Waals surface area (Å²) in [6, 6.07) is 39.6. The van der Waals surface area contributed by atoms with E-state index >= 15 is 0 Å². The number of carbonyl (C=O) groups excluding carboxylic acids is 1. The Morgan fingerprint density at radius 2 is 1.08 bits per heavy atom.